The fourth-order valence-electron chi connectivity index (χ4n) is 12.1. The van der Waals surface area contributed by atoms with Gasteiger partial charge < -0.3 is 83.4 Å². The third-order valence-electron chi connectivity index (χ3n) is 17.7. The largest absolute Gasteiger partial charge is 0.469 e. The summed E-state index contributed by atoms with van der Waals surface area (Å²) in [7, 11) is 3.74. The molecule has 8 aromatic heterocycles. The van der Waals surface area contributed by atoms with Crippen LogP contribution in [0.3, 0.4) is 0 Å². The molecule has 0 amide bonds. The summed E-state index contributed by atoms with van der Waals surface area (Å²) in [4.78, 5) is 128. The van der Waals surface area contributed by atoms with Crippen LogP contribution < -0.4 is 28.0 Å². The van der Waals surface area contributed by atoms with Gasteiger partial charge in [0.1, 0.15) is 55.0 Å². The van der Waals surface area contributed by atoms with Gasteiger partial charge in [0, 0.05) is 21.3 Å². The van der Waals surface area contributed by atoms with E-state index < -0.39 is 145 Å². The number of methoxy groups -OCH3 is 3. The predicted molar refractivity (Wildman–Crippen MR) is 389 cm³/mol. The van der Waals surface area contributed by atoms with Gasteiger partial charge in [0.05, 0.1) is 40.1 Å². The molecule has 37 nitrogen and oxygen atoms in total. The number of hydrogen-bond donors (Lipinski definition) is 8. The van der Waals surface area contributed by atoms with Crippen LogP contribution in [-0.2, 0) is 47.4 Å². The third-order valence-corrected chi connectivity index (χ3v) is 18.8. The Balaban J connectivity index is 0.000000162. The molecule has 590 valence electrons. The summed E-state index contributed by atoms with van der Waals surface area (Å²) >= 11 is 1.98. The van der Waals surface area contributed by atoms with Crippen molar-refractivity contribution in [2.45, 2.75) is 127 Å². The van der Waals surface area contributed by atoms with Gasteiger partial charge in [0.25, 0.3) is 22.2 Å². The third kappa shape index (κ3) is 15.7. The molecular weight excluding hydrogens is 1590 g/mol. The predicted octanol–water partition coefficient (Wildman–Crippen LogP) is 4.72. The average molecular weight is 1660 g/mol. The van der Waals surface area contributed by atoms with Gasteiger partial charge in [-0.2, -0.15) is 4.98 Å². The Kier molecular flexibility index (Phi) is 25.0. The lowest BCUT2D eigenvalue weighted by molar-refractivity contribution is -0.269. The zero-order valence-electron chi connectivity index (χ0n) is 57.8. The first-order chi connectivity index (χ1) is 52.1. The number of imidazole rings is 4. The van der Waals surface area contributed by atoms with Crippen molar-refractivity contribution in [3.8, 4) is 0 Å². The highest BCUT2D eigenvalue weighted by Gasteiger charge is 2.62. The first-order valence-corrected chi connectivity index (χ1v) is 34.1. The van der Waals surface area contributed by atoms with E-state index in [1.54, 1.807) is 99.6 Å². The maximum atomic E-state index is 16.2. The van der Waals surface area contributed by atoms with Crippen molar-refractivity contribution in [2.24, 2.45) is 0 Å². The molecule has 42 heteroatoms. The zero-order valence-corrected chi connectivity index (χ0v) is 60.0. The van der Waals surface area contributed by atoms with E-state index in [0.29, 0.717) is 11.6 Å². The number of fused-ring (bicyclic) bond motifs is 4. The SMILES string of the molecule is C.C.C=C1O[C@@H](n2cnc3c(=O)[nH]c(C)nc32)[C@H](F)[C@@H]1O.CO[C@]1(CI)O[C@@H](n2cnc3c(=O)[nH]c(C)nc32)[C@H](F)[C@@H]1OC(=O)c1ccccc1.CO[C@]1(CO)O[C@@H](n2cnc3c(=O)[nH]c(N)nc32)[C@H](F)[C@@H]1O.CO[C@]1(COC(=O)c2ccccc2)O[C@@H](n2cnc3c(=O)[nH]c(C)nc32)[C@H](F)[C@@H]1OC(=O)c1ccccc1. The molecule has 4 saturated heterocycles. The molecule has 0 radical (unpaired) electrons. The number of nitrogens with one attached hydrogen (secondary N) is 4. The first kappa shape index (κ1) is 82.4. The normalized spacial score (nSPS) is 25.8. The highest BCUT2D eigenvalue weighted by Crippen LogP contribution is 2.46. The second-order valence-electron chi connectivity index (χ2n) is 24.5. The first-order valence-electron chi connectivity index (χ1n) is 32.6. The highest BCUT2D eigenvalue weighted by molar-refractivity contribution is 14.1. The Labute approximate surface area is 636 Å². The summed E-state index contributed by atoms with van der Waals surface area (Å²) in [5.74, 6) is -6.93. The summed E-state index contributed by atoms with van der Waals surface area (Å²) in [6.45, 7) is 6.83. The Morgan fingerprint density at radius 3 is 1.23 bits per heavy atom. The number of benzene rings is 3. The van der Waals surface area contributed by atoms with Gasteiger partial charge in [-0.3, -0.25) is 42.4 Å². The number of alkyl halides is 5. The van der Waals surface area contributed by atoms with Crippen molar-refractivity contribution in [2.75, 3.05) is 44.7 Å². The topological polar surface area (TPSA) is 484 Å². The molecular formula is C69H74F4IN17O20. The highest BCUT2D eigenvalue weighted by atomic mass is 127. The number of aliphatic hydroxyl groups is 3. The van der Waals surface area contributed by atoms with Crippen molar-refractivity contribution in [1.29, 1.82) is 0 Å². The number of aliphatic hydroxyl groups excluding tert-OH is 3. The second-order valence-corrected chi connectivity index (χ2v) is 25.3. The number of nitrogen functional groups attached to an aromatic ring is 1. The summed E-state index contributed by atoms with van der Waals surface area (Å²) in [6, 6.07) is 24.4. The molecule has 15 rings (SSSR count). The van der Waals surface area contributed by atoms with Crippen LogP contribution in [0.4, 0.5) is 23.5 Å². The van der Waals surface area contributed by atoms with Crippen molar-refractivity contribution >= 4 is 91.1 Å². The van der Waals surface area contributed by atoms with E-state index >= 15 is 8.78 Å². The molecule has 0 unspecified atom stereocenters. The number of esters is 3. The van der Waals surface area contributed by atoms with Gasteiger partial charge in [-0.1, -0.05) is 98.6 Å². The molecule has 4 fully saturated rings. The van der Waals surface area contributed by atoms with Gasteiger partial charge in [-0.05, 0) is 57.2 Å². The Bertz CT molecular complexity index is 5430. The van der Waals surface area contributed by atoms with Crippen molar-refractivity contribution in [1.82, 2.24) is 78.1 Å². The molecule has 4 aliphatic heterocycles. The lowest BCUT2D eigenvalue weighted by Gasteiger charge is -2.31. The summed E-state index contributed by atoms with van der Waals surface area (Å²) in [5.41, 5.74) is 4.69. The van der Waals surface area contributed by atoms with Gasteiger partial charge in [0.2, 0.25) is 29.5 Å². The van der Waals surface area contributed by atoms with Crippen LogP contribution in [0.5, 0.6) is 0 Å². The molecule has 15 atom stereocenters. The molecule has 11 aromatic rings. The smallest absolute Gasteiger partial charge is 0.338 e. The Morgan fingerprint density at radius 2 is 0.865 bits per heavy atom. The van der Waals surface area contributed by atoms with Crippen LogP contribution in [0, 0.1) is 20.8 Å². The number of H-pyrrole nitrogens is 4. The summed E-state index contributed by atoms with van der Waals surface area (Å²) < 4.78 is 120. The van der Waals surface area contributed by atoms with Crippen LogP contribution in [0.25, 0.3) is 44.7 Å². The monoisotopic (exact) mass is 1660 g/mol. The molecule has 0 saturated carbocycles. The van der Waals surface area contributed by atoms with E-state index in [-0.39, 0.29) is 98.2 Å². The van der Waals surface area contributed by atoms with E-state index in [0.717, 1.165) is 10.9 Å². The van der Waals surface area contributed by atoms with E-state index in [2.05, 4.69) is 66.4 Å². The molecule has 0 spiro atoms. The van der Waals surface area contributed by atoms with Crippen LogP contribution in [0.2, 0.25) is 0 Å². The summed E-state index contributed by atoms with van der Waals surface area (Å²) in [5, 5.41) is 28.8. The quantitative estimate of drug-likeness (QED) is 0.0213. The number of carbonyl (C=O) groups is 3. The number of nitrogens with zero attached hydrogens (tertiary/aromatic N) is 12. The number of anilines is 1. The minimum Gasteiger partial charge on any atom is -0.469 e. The molecule has 0 aliphatic carbocycles. The minimum absolute atomic E-state index is 0. The zero-order chi connectivity index (χ0) is 78.1. The number of aryl methyl sites for hydroxylation is 3. The number of aromatic nitrogens is 16. The van der Waals surface area contributed by atoms with Gasteiger partial charge >= 0.3 is 17.9 Å². The van der Waals surface area contributed by atoms with E-state index in [1.165, 1.54) is 66.1 Å². The standard InChI is InChI=1S/C26H23FN4O7.C19H18FIN4O5.C11H14FN5O5.C11H11FN4O3.2CH4/c1-15-29-21-19(22(32)30-15)28-14-31(21)23-18(27)20(37-25(34)17-11-7-4-8-12-17)26(35-2,38-23)13-36-24(33)16-9-5-3-6-10-16;1-10-23-15-13(16(26)24-10)22-9-25(15)17-12(20)14(19(8-21,28-2)30-17)29-18(27)11-6-4-3-5-7-11;1-21-11(2-18)6(19)4(12)9(22-11)17-3-14-5-7(17)15-10(13)16-8(5)20;1-4-8(17)6(12)11(19-4)16-3-13-7-9(16)14-5(2)15-10(7)18;;/h3-12,14,18,20,23H,13H2,1-2H3,(H,29,30,32);3-7,9,12,14,17H,8H2,1-2H3,(H,23,24,26);3-4,6,9,18-19H,2H2,1H3,(H3,13,15,16,20);3,6,8,11,17H,1H2,2H3,(H,14,15,18);2*1H4/t18-,20+,23-,26-;12-,14+,17-,19-;4-,6+,9-,11-;6-,8-,11-;;/m1111../s1. The lowest BCUT2D eigenvalue weighted by Crippen LogP contribution is -2.50. The van der Waals surface area contributed by atoms with Crippen molar-refractivity contribution < 1.29 is 94.6 Å². The molecule has 111 heavy (non-hydrogen) atoms. The molecule has 0 bridgehead atoms. The van der Waals surface area contributed by atoms with Crippen LogP contribution in [0.1, 0.15) is 88.3 Å². The lowest BCUT2D eigenvalue weighted by atomic mass is 10.1. The molecule has 3 aromatic carbocycles. The second kappa shape index (κ2) is 33.6. The van der Waals surface area contributed by atoms with Crippen molar-refractivity contribution in [3.63, 3.8) is 0 Å². The summed E-state index contributed by atoms with van der Waals surface area (Å²) in [6.07, 6.45) is -14.0. The van der Waals surface area contributed by atoms with E-state index in [9.17, 15) is 57.7 Å². The van der Waals surface area contributed by atoms with Crippen LogP contribution in [-0.4, -0.2) is 217 Å². The fourth-order valence-corrected chi connectivity index (χ4v) is 13.1. The van der Waals surface area contributed by atoms with Crippen LogP contribution in [0.15, 0.2) is 148 Å². The number of hydrogen-bond acceptors (Lipinski definition) is 29. The number of ether oxygens (including phenoxy) is 10. The number of halogens is 5. The molecule has 9 N–H and O–H groups in total. The van der Waals surface area contributed by atoms with Gasteiger partial charge in [0.15, 0.2) is 100 Å². The number of carbonyl (C=O) groups excluding carboxylic acids is 3. The molecule has 12 heterocycles. The maximum Gasteiger partial charge on any atom is 0.338 e. The van der Waals surface area contributed by atoms with E-state index in [4.69, 9.17) is 53.1 Å². The number of nitrogens with two attached hydrogens (primary N) is 1. The van der Waals surface area contributed by atoms with E-state index in [1.807, 2.05) is 22.6 Å². The van der Waals surface area contributed by atoms with Crippen molar-refractivity contribution in [3.05, 3.63) is 204 Å². The van der Waals surface area contributed by atoms with Crippen LogP contribution >= 0.6 is 22.6 Å². The Hall–Kier alpha value is -11.1. The van der Waals surface area contributed by atoms with Gasteiger partial charge in [-0.25, -0.2) is 66.8 Å². The minimum atomic E-state index is -2.04. The number of rotatable bonds is 16. The molecule has 4 aliphatic rings. The average Bonchev–Trinajstić information content (AvgIpc) is 1.60. The number of aromatic amines is 4. The maximum absolute atomic E-state index is 16.2. The fraction of sp³-hybridized carbons (Fsp3) is 0.377. The Morgan fingerprint density at radius 1 is 0.523 bits per heavy atom. The van der Waals surface area contributed by atoms with Gasteiger partial charge in [-0.15, -0.1) is 0 Å².